The van der Waals surface area contributed by atoms with E-state index in [4.69, 9.17) is 0 Å². The first kappa shape index (κ1) is 20.3. The van der Waals surface area contributed by atoms with Crippen molar-refractivity contribution in [3.05, 3.63) is 108 Å². The van der Waals surface area contributed by atoms with Gasteiger partial charge >= 0.3 is 5.69 Å². The van der Waals surface area contributed by atoms with Gasteiger partial charge in [-0.2, -0.15) is 4.39 Å². The maximum atomic E-state index is 13.4. The van der Waals surface area contributed by atoms with Crippen LogP contribution in [0.4, 0.5) is 21.5 Å². The molecular weight excluding hydrogens is 399 g/mol. The van der Waals surface area contributed by atoms with E-state index < -0.39 is 32.8 Å². The smallest absolute Gasteiger partial charge is 0.306 e. The number of hydrogen-bond acceptors (Lipinski definition) is 6. The third kappa shape index (κ3) is 4.35. The molecule has 30 heavy (non-hydrogen) atoms. The number of nitro groups is 2. The summed E-state index contributed by atoms with van der Waals surface area (Å²) in [4.78, 5) is 45.4. The molecule has 10 nitrogen and oxygen atoms in total. The quantitative estimate of drug-likeness (QED) is 0.488. The van der Waals surface area contributed by atoms with Crippen LogP contribution >= 0.6 is 0 Å². The van der Waals surface area contributed by atoms with E-state index in [1.807, 2.05) is 0 Å². The fraction of sp³-hybridized carbons (Fsp3) is 0.0526. The first-order chi connectivity index (χ1) is 14.3. The Morgan fingerprint density at radius 1 is 1.03 bits per heavy atom. The molecule has 0 fully saturated rings. The van der Waals surface area contributed by atoms with E-state index in [-0.39, 0.29) is 23.5 Å². The summed E-state index contributed by atoms with van der Waals surface area (Å²) < 4.78 is 14.6. The Hall–Kier alpha value is -4.41. The number of anilines is 1. The molecule has 1 heterocycles. The van der Waals surface area contributed by atoms with Gasteiger partial charge in [0.2, 0.25) is 5.82 Å². The second-order valence-corrected chi connectivity index (χ2v) is 6.16. The van der Waals surface area contributed by atoms with Crippen LogP contribution in [0.3, 0.4) is 0 Å². The number of nitrogens with one attached hydrogen (secondary N) is 1. The van der Waals surface area contributed by atoms with Gasteiger partial charge in [-0.3, -0.25) is 29.8 Å². The van der Waals surface area contributed by atoms with Gasteiger partial charge in [0.1, 0.15) is 5.56 Å². The average Bonchev–Trinajstić information content (AvgIpc) is 2.71. The summed E-state index contributed by atoms with van der Waals surface area (Å²) in [5.74, 6) is -1.90. The molecule has 0 aliphatic heterocycles. The van der Waals surface area contributed by atoms with Gasteiger partial charge in [0.05, 0.1) is 16.4 Å². The highest BCUT2D eigenvalue weighted by Crippen LogP contribution is 2.22. The zero-order chi connectivity index (χ0) is 21.8. The molecule has 1 aromatic heterocycles. The topological polar surface area (TPSA) is 137 Å². The van der Waals surface area contributed by atoms with Crippen LogP contribution in [0.1, 0.15) is 15.9 Å². The summed E-state index contributed by atoms with van der Waals surface area (Å²) in [7, 11) is 0. The highest BCUT2D eigenvalue weighted by molar-refractivity contribution is 6.04. The molecule has 3 rings (SSSR count). The number of amides is 1. The van der Waals surface area contributed by atoms with Gasteiger partial charge in [0, 0.05) is 30.1 Å². The Morgan fingerprint density at radius 3 is 2.50 bits per heavy atom. The van der Waals surface area contributed by atoms with Crippen LogP contribution in [0, 0.1) is 26.0 Å². The molecule has 0 radical (unpaired) electrons. The summed E-state index contributed by atoms with van der Waals surface area (Å²) in [6, 6.07) is 11.2. The molecule has 2 aromatic carbocycles. The number of non-ortho nitro benzene ring substituents is 1. The number of carbonyl (C=O) groups excluding carboxylic acids is 1. The van der Waals surface area contributed by atoms with Crippen LogP contribution in [0.15, 0.2) is 65.6 Å². The Kier molecular flexibility index (Phi) is 5.63. The van der Waals surface area contributed by atoms with Crippen LogP contribution < -0.4 is 10.9 Å². The molecule has 0 bridgehead atoms. The van der Waals surface area contributed by atoms with E-state index in [9.17, 15) is 34.2 Å². The summed E-state index contributed by atoms with van der Waals surface area (Å²) in [5.41, 5.74) is -1.44. The number of hydrogen-bond donors (Lipinski definition) is 1. The van der Waals surface area contributed by atoms with Gasteiger partial charge in [0.15, 0.2) is 0 Å². The second kappa shape index (κ2) is 8.31. The normalized spacial score (nSPS) is 10.4. The van der Waals surface area contributed by atoms with Gasteiger partial charge in [-0.25, -0.2) is 0 Å². The number of nitro benzene ring substituents is 2. The van der Waals surface area contributed by atoms with E-state index in [0.717, 1.165) is 18.2 Å². The van der Waals surface area contributed by atoms with E-state index in [0.29, 0.717) is 5.56 Å². The molecule has 1 N–H and O–H groups in total. The largest absolute Gasteiger partial charge is 0.322 e. The molecule has 11 heteroatoms. The van der Waals surface area contributed by atoms with Crippen LogP contribution in [0.2, 0.25) is 0 Å². The second-order valence-electron chi connectivity index (χ2n) is 6.16. The van der Waals surface area contributed by atoms with Crippen molar-refractivity contribution in [1.29, 1.82) is 0 Å². The number of halogens is 1. The molecule has 0 saturated heterocycles. The van der Waals surface area contributed by atoms with E-state index in [1.165, 1.54) is 41.1 Å². The number of benzene rings is 2. The van der Waals surface area contributed by atoms with Crippen molar-refractivity contribution in [1.82, 2.24) is 4.57 Å². The van der Waals surface area contributed by atoms with Gasteiger partial charge in [-0.15, -0.1) is 0 Å². The molecule has 0 unspecified atom stereocenters. The molecular formula is C19H13FN4O6. The van der Waals surface area contributed by atoms with Crippen molar-refractivity contribution in [2.75, 3.05) is 5.32 Å². The van der Waals surface area contributed by atoms with Gasteiger partial charge in [-0.05, 0) is 29.8 Å². The van der Waals surface area contributed by atoms with Gasteiger partial charge < -0.3 is 9.88 Å². The average molecular weight is 412 g/mol. The van der Waals surface area contributed by atoms with Crippen LogP contribution in [0.5, 0.6) is 0 Å². The van der Waals surface area contributed by atoms with E-state index in [1.54, 1.807) is 6.07 Å². The minimum absolute atomic E-state index is 0.0103. The minimum Gasteiger partial charge on any atom is -0.322 e. The summed E-state index contributed by atoms with van der Waals surface area (Å²) in [6.07, 6.45) is 1.42. The molecule has 0 atom stereocenters. The first-order valence-corrected chi connectivity index (χ1v) is 8.44. The summed E-state index contributed by atoms with van der Waals surface area (Å²) in [5, 5.41) is 24.0. The number of nitrogens with zero attached hydrogens (tertiary/aromatic N) is 3. The fourth-order valence-electron chi connectivity index (χ4n) is 2.73. The third-order valence-corrected chi connectivity index (χ3v) is 4.14. The maximum absolute atomic E-state index is 13.4. The van der Waals surface area contributed by atoms with Crippen molar-refractivity contribution in [3.8, 4) is 0 Å². The van der Waals surface area contributed by atoms with Crippen molar-refractivity contribution in [2.24, 2.45) is 0 Å². The number of pyridine rings is 1. The Morgan fingerprint density at radius 2 is 1.80 bits per heavy atom. The standard InChI is InChI=1S/C19H13FN4O6/c20-16-7-6-13(10-17(16)24(29)30)21-18(25)15-5-2-8-22(19(15)26)11-12-3-1-4-14(9-12)23(27)28/h1-10H,11H2,(H,21,25). The van der Waals surface area contributed by atoms with Crippen molar-refractivity contribution in [2.45, 2.75) is 6.54 Å². The maximum Gasteiger partial charge on any atom is 0.306 e. The molecule has 152 valence electrons. The highest BCUT2D eigenvalue weighted by atomic mass is 19.1. The number of rotatable bonds is 6. The van der Waals surface area contributed by atoms with Crippen LogP contribution in [0.25, 0.3) is 0 Å². The Balaban J connectivity index is 1.86. The van der Waals surface area contributed by atoms with Crippen molar-refractivity contribution in [3.63, 3.8) is 0 Å². The van der Waals surface area contributed by atoms with Crippen LogP contribution in [-0.2, 0) is 6.54 Å². The minimum atomic E-state index is -1.06. The lowest BCUT2D eigenvalue weighted by Crippen LogP contribution is -2.29. The Bertz CT molecular complexity index is 1220. The molecule has 0 spiro atoms. The zero-order valence-electron chi connectivity index (χ0n) is 15.1. The molecule has 3 aromatic rings. The predicted molar refractivity (Wildman–Crippen MR) is 104 cm³/mol. The monoisotopic (exact) mass is 412 g/mol. The third-order valence-electron chi connectivity index (χ3n) is 4.14. The van der Waals surface area contributed by atoms with Crippen molar-refractivity contribution >= 4 is 23.0 Å². The number of carbonyl (C=O) groups is 1. The first-order valence-electron chi connectivity index (χ1n) is 8.44. The van der Waals surface area contributed by atoms with Crippen molar-refractivity contribution < 1.29 is 19.0 Å². The molecule has 0 saturated carbocycles. The summed E-state index contributed by atoms with van der Waals surface area (Å²) in [6.45, 7) is -0.0103. The fourth-order valence-corrected chi connectivity index (χ4v) is 2.73. The lowest BCUT2D eigenvalue weighted by molar-refractivity contribution is -0.387. The molecule has 1 amide bonds. The van der Waals surface area contributed by atoms with Crippen LogP contribution in [-0.4, -0.2) is 20.3 Å². The highest BCUT2D eigenvalue weighted by Gasteiger charge is 2.18. The molecule has 0 aliphatic carbocycles. The predicted octanol–water partition coefficient (Wildman–Crippen LogP) is 3.10. The van der Waals surface area contributed by atoms with E-state index >= 15 is 0 Å². The SMILES string of the molecule is O=C(Nc1ccc(F)c([N+](=O)[O-])c1)c1cccn(Cc2cccc([N+](=O)[O-])c2)c1=O. The zero-order valence-corrected chi connectivity index (χ0v) is 15.1. The lowest BCUT2D eigenvalue weighted by atomic mass is 10.2. The number of aromatic nitrogens is 1. The molecule has 0 aliphatic rings. The van der Waals surface area contributed by atoms with E-state index in [2.05, 4.69) is 5.32 Å². The summed E-state index contributed by atoms with van der Waals surface area (Å²) >= 11 is 0. The van der Waals surface area contributed by atoms with Gasteiger partial charge in [-0.1, -0.05) is 12.1 Å². The lowest BCUT2D eigenvalue weighted by Gasteiger charge is -2.09. The van der Waals surface area contributed by atoms with Gasteiger partial charge in [0.25, 0.3) is 17.2 Å². The Labute approximate surface area is 167 Å².